The first-order chi connectivity index (χ1) is 10.7. The SMILES string of the molecule is CCN(CC)C(=O)C(CC)(c1ccccc1)c1ccccc1. The molecule has 0 fully saturated rings. The van der Waals surface area contributed by atoms with Crippen LogP contribution in [0.4, 0.5) is 0 Å². The Bertz CT molecular complexity index is 548. The maximum absolute atomic E-state index is 13.4. The molecule has 0 aliphatic heterocycles. The maximum atomic E-state index is 13.4. The van der Waals surface area contributed by atoms with Crippen LogP contribution in [0.5, 0.6) is 0 Å². The molecule has 2 nitrogen and oxygen atoms in total. The fourth-order valence-corrected chi connectivity index (χ4v) is 3.20. The lowest BCUT2D eigenvalue weighted by Crippen LogP contribution is -2.47. The maximum Gasteiger partial charge on any atom is 0.237 e. The van der Waals surface area contributed by atoms with Crippen molar-refractivity contribution in [2.75, 3.05) is 13.1 Å². The summed E-state index contributed by atoms with van der Waals surface area (Å²) in [6, 6.07) is 20.3. The quantitative estimate of drug-likeness (QED) is 0.780. The molecule has 0 aliphatic carbocycles. The zero-order valence-electron chi connectivity index (χ0n) is 13.8. The largest absolute Gasteiger partial charge is 0.342 e. The number of likely N-dealkylation sites (N-methyl/N-ethyl adjacent to an activating group) is 1. The fourth-order valence-electron chi connectivity index (χ4n) is 3.20. The molecule has 0 radical (unpaired) electrons. The van der Waals surface area contributed by atoms with Crippen molar-refractivity contribution in [1.82, 2.24) is 4.90 Å². The summed E-state index contributed by atoms with van der Waals surface area (Å²) in [7, 11) is 0. The Balaban J connectivity index is 2.65. The average molecular weight is 295 g/mol. The van der Waals surface area contributed by atoms with Gasteiger partial charge < -0.3 is 4.90 Å². The first-order valence-corrected chi connectivity index (χ1v) is 8.11. The van der Waals surface area contributed by atoms with Crippen molar-refractivity contribution >= 4 is 5.91 Å². The van der Waals surface area contributed by atoms with E-state index in [4.69, 9.17) is 0 Å². The standard InChI is InChI=1S/C20H25NO/c1-4-20(17-13-9-7-10-14-17,18-15-11-8-12-16-18)19(22)21(5-2)6-3/h7-16H,4-6H2,1-3H3. The van der Waals surface area contributed by atoms with Crippen molar-refractivity contribution in [2.45, 2.75) is 32.6 Å². The molecular formula is C20H25NO. The molecule has 2 heteroatoms. The van der Waals surface area contributed by atoms with Crippen LogP contribution in [-0.2, 0) is 10.2 Å². The summed E-state index contributed by atoms with van der Waals surface area (Å²) in [5, 5.41) is 0. The molecule has 0 saturated carbocycles. The van der Waals surface area contributed by atoms with E-state index < -0.39 is 5.41 Å². The molecule has 0 N–H and O–H groups in total. The fraction of sp³-hybridized carbons (Fsp3) is 0.350. The molecule has 0 atom stereocenters. The van der Waals surface area contributed by atoms with E-state index in [0.717, 1.165) is 30.6 Å². The lowest BCUT2D eigenvalue weighted by molar-refractivity contribution is -0.135. The summed E-state index contributed by atoms with van der Waals surface area (Å²) < 4.78 is 0. The lowest BCUT2D eigenvalue weighted by atomic mass is 9.71. The first kappa shape index (κ1) is 16.3. The molecule has 0 spiro atoms. The summed E-state index contributed by atoms with van der Waals surface area (Å²) in [5.74, 6) is 0.192. The minimum atomic E-state index is -0.603. The summed E-state index contributed by atoms with van der Waals surface area (Å²) in [6.07, 6.45) is 0.746. The van der Waals surface area contributed by atoms with Gasteiger partial charge in [-0.05, 0) is 31.4 Å². The predicted octanol–water partition coefficient (Wildman–Crippen LogP) is 4.25. The summed E-state index contributed by atoms with van der Waals surface area (Å²) in [6.45, 7) is 7.64. The summed E-state index contributed by atoms with van der Waals surface area (Å²) >= 11 is 0. The first-order valence-electron chi connectivity index (χ1n) is 8.11. The second-order valence-electron chi connectivity index (χ2n) is 5.47. The van der Waals surface area contributed by atoms with Crippen LogP contribution in [0.3, 0.4) is 0 Å². The third-order valence-corrected chi connectivity index (χ3v) is 4.48. The van der Waals surface area contributed by atoms with E-state index in [9.17, 15) is 4.79 Å². The van der Waals surface area contributed by atoms with E-state index in [0.29, 0.717) is 0 Å². The van der Waals surface area contributed by atoms with E-state index in [-0.39, 0.29) is 5.91 Å². The summed E-state index contributed by atoms with van der Waals surface area (Å²) in [5.41, 5.74) is 1.54. The number of nitrogens with zero attached hydrogens (tertiary/aromatic N) is 1. The molecule has 0 unspecified atom stereocenters. The third kappa shape index (κ3) is 2.78. The highest BCUT2D eigenvalue weighted by molar-refractivity contribution is 5.92. The van der Waals surface area contributed by atoms with Crippen molar-refractivity contribution in [3.8, 4) is 0 Å². The van der Waals surface area contributed by atoms with Gasteiger partial charge in [-0.3, -0.25) is 4.79 Å². The van der Waals surface area contributed by atoms with Crippen molar-refractivity contribution in [1.29, 1.82) is 0 Å². The highest BCUT2D eigenvalue weighted by atomic mass is 16.2. The molecule has 0 aromatic heterocycles. The van der Waals surface area contributed by atoms with Gasteiger partial charge in [-0.15, -0.1) is 0 Å². The molecule has 2 aromatic carbocycles. The normalized spacial score (nSPS) is 11.2. The zero-order valence-corrected chi connectivity index (χ0v) is 13.8. The molecule has 0 bridgehead atoms. The van der Waals surface area contributed by atoms with Gasteiger partial charge in [0.25, 0.3) is 0 Å². The van der Waals surface area contributed by atoms with Crippen LogP contribution < -0.4 is 0 Å². The second kappa shape index (κ2) is 7.26. The second-order valence-corrected chi connectivity index (χ2v) is 5.47. The Morgan fingerprint density at radius 3 is 1.55 bits per heavy atom. The lowest BCUT2D eigenvalue weighted by Gasteiger charge is -2.37. The van der Waals surface area contributed by atoms with Crippen LogP contribution in [0.1, 0.15) is 38.3 Å². The van der Waals surface area contributed by atoms with Crippen molar-refractivity contribution in [3.63, 3.8) is 0 Å². The van der Waals surface area contributed by atoms with Crippen molar-refractivity contribution in [2.24, 2.45) is 0 Å². The smallest absolute Gasteiger partial charge is 0.237 e. The van der Waals surface area contributed by atoms with Gasteiger partial charge in [0.05, 0.1) is 5.41 Å². The van der Waals surface area contributed by atoms with E-state index in [1.54, 1.807) is 0 Å². The van der Waals surface area contributed by atoms with Crippen LogP contribution in [0, 0.1) is 0 Å². The Labute approximate surface area is 133 Å². The van der Waals surface area contributed by atoms with Gasteiger partial charge in [-0.1, -0.05) is 67.6 Å². The molecule has 0 saturated heterocycles. The number of amides is 1. The van der Waals surface area contributed by atoms with Gasteiger partial charge in [-0.25, -0.2) is 0 Å². The minimum Gasteiger partial charge on any atom is -0.342 e. The monoisotopic (exact) mass is 295 g/mol. The number of carbonyl (C=O) groups excluding carboxylic acids is 1. The Morgan fingerprint density at radius 1 is 0.818 bits per heavy atom. The topological polar surface area (TPSA) is 20.3 Å². The van der Waals surface area contributed by atoms with Gasteiger partial charge in [0.2, 0.25) is 5.91 Å². The Hall–Kier alpha value is -2.09. The highest BCUT2D eigenvalue weighted by Gasteiger charge is 2.42. The number of rotatable bonds is 6. The molecular weight excluding hydrogens is 270 g/mol. The Morgan fingerprint density at radius 2 is 1.23 bits per heavy atom. The van der Waals surface area contributed by atoms with Crippen LogP contribution >= 0.6 is 0 Å². The zero-order chi connectivity index (χ0) is 16.0. The van der Waals surface area contributed by atoms with Gasteiger partial charge in [0.1, 0.15) is 0 Å². The van der Waals surface area contributed by atoms with Gasteiger partial charge in [-0.2, -0.15) is 0 Å². The molecule has 22 heavy (non-hydrogen) atoms. The molecule has 2 aromatic rings. The minimum absolute atomic E-state index is 0.192. The van der Waals surface area contributed by atoms with Crippen LogP contribution in [-0.4, -0.2) is 23.9 Å². The van der Waals surface area contributed by atoms with E-state index >= 15 is 0 Å². The van der Waals surface area contributed by atoms with E-state index in [1.807, 2.05) is 55.1 Å². The van der Waals surface area contributed by atoms with E-state index in [1.165, 1.54) is 0 Å². The van der Waals surface area contributed by atoms with Crippen LogP contribution in [0.25, 0.3) is 0 Å². The number of benzene rings is 2. The van der Waals surface area contributed by atoms with Crippen molar-refractivity contribution in [3.05, 3.63) is 71.8 Å². The number of hydrogen-bond donors (Lipinski definition) is 0. The van der Waals surface area contributed by atoms with Crippen LogP contribution in [0.2, 0.25) is 0 Å². The van der Waals surface area contributed by atoms with Crippen molar-refractivity contribution < 1.29 is 4.79 Å². The predicted molar refractivity (Wildman–Crippen MR) is 91.9 cm³/mol. The van der Waals surface area contributed by atoms with E-state index in [2.05, 4.69) is 31.2 Å². The third-order valence-electron chi connectivity index (χ3n) is 4.48. The van der Waals surface area contributed by atoms with Gasteiger partial charge in [0.15, 0.2) is 0 Å². The molecule has 116 valence electrons. The molecule has 1 amide bonds. The average Bonchev–Trinajstić information content (AvgIpc) is 2.59. The Kier molecular flexibility index (Phi) is 5.37. The molecule has 0 aliphatic rings. The molecule has 0 heterocycles. The van der Waals surface area contributed by atoms with Gasteiger partial charge in [0, 0.05) is 13.1 Å². The number of hydrogen-bond acceptors (Lipinski definition) is 1. The highest BCUT2D eigenvalue weighted by Crippen LogP contribution is 2.37. The summed E-state index contributed by atoms with van der Waals surface area (Å²) in [4.78, 5) is 15.3. The number of carbonyl (C=O) groups is 1. The van der Waals surface area contributed by atoms with Crippen LogP contribution in [0.15, 0.2) is 60.7 Å². The van der Waals surface area contributed by atoms with Gasteiger partial charge >= 0.3 is 0 Å². The molecule has 2 rings (SSSR count).